The standard InChI is InChI=1S/C27H27N3O6/c31-18-8-16-29(24(33)20-10-3-1-4-11-20)26(35)22-14-7-15-23(28-22)27(36)30(17-9-19-32)25(34)21-12-5-2-6-13-21/h1-7,10-15,31-32H,8-9,16-19H2. The van der Waals surface area contributed by atoms with Crippen molar-refractivity contribution >= 4 is 23.6 Å². The summed E-state index contributed by atoms with van der Waals surface area (Å²) in [5, 5.41) is 18.5. The van der Waals surface area contributed by atoms with Gasteiger partial charge in [-0.05, 0) is 49.2 Å². The molecular formula is C27H27N3O6. The van der Waals surface area contributed by atoms with Crippen molar-refractivity contribution in [2.45, 2.75) is 12.8 Å². The van der Waals surface area contributed by atoms with Gasteiger partial charge < -0.3 is 10.2 Å². The molecule has 0 saturated carbocycles. The second-order valence-electron chi connectivity index (χ2n) is 7.82. The van der Waals surface area contributed by atoms with Crippen LogP contribution in [0.5, 0.6) is 0 Å². The lowest BCUT2D eigenvalue weighted by molar-refractivity contribution is 0.0596. The van der Waals surface area contributed by atoms with E-state index in [9.17, 15) is 29.4 Å². The van der Waals surface area contributed by atoms with E-state index in [-0.39, 0.29) is 50.5 Å². The van der Waals surface area contributed by atoms with Crippen LogP contribution >= 0.6 is 0 Å². The topological polar surface area (TPSA) is 128 Å². The molecule has 9 nitrogen and oxygen atoms in total. The number of hydrogen-bond acceptors (Lipinski definition) is 7. The maximum atomic E-state index is 13.3. The summed E-state index contributed by atoms with van der Waals surface area (Å²) in [4.78, 5) is 58.7. The zero-order valence-electron chi connectivity index (χ0n) is 19.6. The highest BCUT2D eigenvalue weighted by Gasteiger charge is 2.28. The van der Waals surface area contributed by atoms with Crippen molar-refractivity contribution in [1.82, 2.24) is 14.8 Å². The lowest BCUT2D eigenvalue weighted by atomic mass is 10.1. The Balaban J connectivity index is 1.90. The largest absolute Gasteiger partial charge is 0.396 e. The Morgan fingerprint density at radius 2 is 0.944 bits per heavy atom. The fraction of sp³-hybridized carbons (Fsp3) is 0.222. The van der Waals surface area contributed by atoms with Gasteiger partial charge >= 0.3 is 0 Å². The van der Waals surface area contributed by atoms with Gasteiger partial charge in [-0.1, -0.05) is 42.5 Å². The van der Waals surface area contributed by atoms with Gasteiger partial charge in [-0.15, -0.1) is 0 Å². The third-order valence-electron chi connectivity index (χ3n) is 5.29. The van der Waals surface area contributed by atoms with Crippen molar-refractivity contribution in [1.29, 1.82) is 0 Å². The second-order valence-corrected chi connectivity index (χ2v) is 7.82. The molecule has 0 spiro atoms. The van der Waals surface area contributed by atoms with E-state index in [4.69, 9.17) is 0 Å². The van der Waals surface area contributed by atoms with Crippen molar-refractivity contribution in [2.24, 2.45) is 0 Å². The number of benzene rings is 2. The van der Waals surface area contributed by atoms with E-state index in [1.165, 1.54) is 18.2 Å². The minimum absolute atomic E-state index is 0.0436. The number of aliphatic hydroxyl groups is 2. The van der Waals surface area contributed by atoms with E-state index < -0.39 is 23.6 Å². The van der Waals surface area contributed by atoms with Crippen LogP contribution in [-0.2, 0) is 0 Å². The van der Waals surface area contributed by atoms with Crippen LogP contribution in [0.4, 0.5) is 0 Å². The van der Waals surface area contributed by atoms with Gasteiger partial charge in [0.2, 0.25) is 0 Å². The zero-order valence-corrected chi connectivity index (χ0v) is 19.6. The fourth-order valence-corrected chi connectivity index (χ4v) is 3.47. The Hall–Kier alpha value is -4.21. The van der Waals surface area contributed by atoms with Gasteiger partial charge in [-0.25, -0.2) is 4.98 Å². The van der Waals surface area contributed by atoms with Gasteiger partial charge in [0, 0.05) is 37.4 Å². The molecule has 3 rings (SSSR count). The first kappa shape index (κ1) is 26.4. The van der Waals surface area contributed by atoms with Gasteiger partial charge in [-0.3, -0.25) is 29.0 Å². The van der Waals surface area contributed by atoms with Crippen molar-refractivity contribution in [3.05, 3.63) is 101 Å². The van der Waals surface area contributed by atoms with Crippen LogP contribution in [0.3, 0.4) is 0 Å². The Morgan fingerprint density at radius 3 is 1.31 bits per heavy atom. The van der Waals surface area contributed by atoms with Crippen LogP contribution in [0, 0.1) is 0 Å². The maximum Gasteiger partial charge on any atom is 0.279 e. The number of aliphatic hydroxyl groups excluding tert-OH is 2. The first-order valence-corrected chi connectivity index (χ1v) is 11.5. The van der Waals surface area contributed by atoms with Crippen LogP contribution in [0.2, 0.25) is 0 Å². The van der Waals surface area contributed by atoms with Gasteiger partial charge in [0.15, 0.2) is 0 Å². The lowest BCUT2D eigenvalue weighted by Gasteiger charge is -2.22. The highest BCUT2D eigenvalue weighted by molar-refractivity contribution is 6.11. The highest BCUT2D eigenvalue weighted by Crippen LogP contribution is 2.14. The summed E-state index contributed by atoms with van der Waals surface area (Å²) in [6.45, 7) is -0.533. The average molecular weight is 490 g/mol. The molecule has 0 fully saturated rings. The Kier molecular flexibility index (Phi) is 9.56. The number of pyridine rings is 1. The summed E-state index contributed by atoms with van der Waals surface area (Å²) in [5.41, 5.74) is 0.272. The van der Waals surface area contributed by atoms with Gasteiger partial charge in [0.1, 0.15) is 11.4 Å². The summed E-state index contributed by atoms with van der Waals surface area (Å²) in [5.74, 6) is -2.58. The number of imide groups is 2. The first-order chi connectivity index (χ1) is 17.5. The minimum Gasteiger partial charge on any atom is -0.396 e. The van der Waals surface area contributed by atoms with Crippen LogP contribution < -0.4 is 0 Å². The van der Waals surface area contributed by atoms with Crippen LogP contribution in [0.1, 0.15) is 54.5 Å². The van der Waals surface area contributed by atoms with Crippen molar-refractivity contribution in [3.63, 3.8) is 0 Å². The number of rotatable bonds is 10. The summed E-state index contributed by atoms with van der Waals surface area (Å²) < 4.78 is 0. The number of aromatic nitrogens is 1. The molecule has 3 aromatic rings. The number of carbonyl (C=O) groups excluding carboxylic acids is 4. The molecule has 0 unspecified atom stereocenters. The predicted molar refractivity (Wildman–Crippen MR) is 131 cm³/mol. The van der Waals surface area contributed by atoms with E-state index >= 15 is 0 Å². The molecule has 0 aliphatic carbocycles. The Bertz CT molecular complexity index is 1110. The Morgan fingerprint density at radius 1 is 0.556 bits per heavy atom. The summed E-state index contributed by atoms with van der Waals surface area (Å²) >= 11 is 0. The molecule has 0 saturated heterocycles. The SMILES string of the molecule is O=C(c1ccccc1)N(CCCO)C(=O)c1cccc(C(=O)N(CCCO)C(=O)c2ccccc2)n1. The maximum absolute atomic E-state index is 13.3. The summed E-state index contributed by atoms with van der Waals surface area (Å²) in [6, 6.07) is 20.7. The smallest absolute Gasteiger partial charge is 0.279 e. The van der Waals surface area contributed by atoms with E-state index in [1.54, 1.807) is 60.7 Å². The average Bonchev–Trinajstić information content (AvgIpc) is 2.94. The third kappa shape index (κ3) is 6.47. The van der Waals surface area contributed by atoms with Crippen molar-refractivity contribution < 1.29 is 29.4 Å². The molecule has 1 heterocycles. The monoisotopic (exact) mass is 489 g/mol. The highest BCUT2D eigenvalue weighted by atomic mass is 16.3. The van der Waals surface area contributed by atoms with Crippen LogP contribution in [-0.4, -0.2) is 74.9 Å². The summed E-state index contributed by atoms with van der Waals surface area (Å²) in [7, 11) is 0. The molecule has 36 heavy (non-hydrogen) atoms. The molecule has 0 aliphatic heterocycles. The van der Waals surface area contributed by atoms with Crippen LogP contribution in [0.15, 0.2) is 78.9 Å². The van der Waals surface area contributed by atoms with Gasteiger partial charge in [0.25, 0.3) is 23.6 Å². The van der Waals surface area contributed by atoms with E-state index in [2.05, 4.69) is 4.98 Å². The first-order valence-electron chi connectivity index (χ1n) is 11.5. The summed E-state index contributed by atoms with van der Waals surface area (Å²) in [6.07, 6.45) is 0.340. The van der Waals surface area contributed by atoms with E-state index in [0.717, 1.165) is 9.80 Å². The minimum atomic E-state index is -0.733. The molecule has 0 aliphatic rings. The molecular weight excluding hydrogens is 462 g/mol. The van der Waals surface area contributed by atoms with E-state index in [1.807, 2.05) is 0 Å². The van der Waals surface area contributed by atoms with Gasteiger partial charge in [-0.2, -0.15) is 0 Å². The molecule has 2 aromatic carbocycles. The molecule has 4 amide bonds. The molecule has 1 aromatic heterocycles. The number of nitrogens with zero attached hydrogens (tertiary/aromatic N) is 3. The molecule has 0 atom stereocenters. The molecule has 0 bridgehead atoms. The van der Waals surface area contributed by atoms with Crippen molar-refractivity contribution in [3.8, 4) is 0 Å². The molecule has 2 N–H and O–H groups in total. The quantitative estimate of drug-likeness (QED) is 0.419. The zero-order chi connectivity index (χ0) is 25.9. The normalized spacial score (nSPS) is 10.5. The number of carbonyl (C=O) groups is 4. The second kappa shape index (κ2) is 13.0. The number of amides is 4. The van der Waals surface area contributed by atoms with Gasteiger partial charge in [0.05, 0.1) is 0 Å². The van der Waals surface area contributed by atoms with Crippen LogP contribution in [0.25, 0.3) is 0 Å². The Labute approximate surface area is 208 Å². The third-order valence-corrected chi connectivity index (χ3v) is 5.29. The van der Waals surface area contributed by atoms with Crippen molar-refractivity contribution in [2.75, 3.05) is 26.3 Å². The number of hydrogen-bond donors (Lipinski definition) is 2. The molecule has 186 valence electrons. The van der Waals surface area contributed by atoms with E-state index in [0.29, 0.717) is 11.1 Å². The fourth-order valence-electron chi connectivity index (χ4n) is 3.47. The molecule has 9 heteroatoms. The molecule has 0 radical (unpaired) electrons. The lowest BCUT2D eigenvalue weighted by Crippen LogP contribution is -2.40. The predicted octanol–water partition coefficient (Wildman–Crippen LogP) is 2.41.